The van der Waals surface area contributed by atoms with Crippen molar-refractivity contribution in [3.63, 3.8) is 0 Å². The molecule has 2 rings (SSSR count). The van der Waals surface area contributed by atoms with Crippen LogP contribution in [-0.4, -0.2) is 36.7 Å². The van der Waals surface area contributed by atoms with Crippen molar-refractivity contribution in [1.82, 2.24) is 10.3 Å². The van der Waals surface area contributed by atoms with E-state index in [4.69, 9.17) is 0 Å². The van der Waals surface area contributed by atoms with E-state index in [-0.39, 0.29) is 22.5 Å². The lowest BCUT2D eigenvalue weighted by Gasteiger charge is -2.09. The summed E-state index contributed by atoms with van der Waals surface area (Å²) in [5.74, 6) is -0.0161. The Morgan fingerprint density at radius 3 is 2.78 bits per heavy atom. The molecule has 1 N–H and O–H groups in total. The molecule has 1 saturated heterocycles. The normalized spacial score (nSPS) is 19.9. The van der Waals surface area contributed by atoms with E-state index in [9.17, 15) is 18.5 Å². The summed E-state index contributed by atoms with van der Waals surface area (Å²) in [6, 6.07) is 2.29. The Morgan fingerprint density at radius 1 is 1.50 bits per heavy atom. The van der Waals surface area contributed by atoms with Crippen LogP contribution in [0.4, 0.5) is 5.69 Å². The third-order valence-corrected chi connectivity index (χ3v) is 4.55. The van der Waals surface area contributed by atoms with Gasteiger partial charge in [0.25, 0.3) is 5.69 Å². The first-order valence-electron chi connectivity index (χ1n) is 5.55. The van der Waals surface area contributed by atoms with Gasteiger partial charge in [-0.2, -0.15) is 0 Å². The van der Waals surface area contributed by atoms with Crippen molar-refractivity contribution < 1.29 is 13.3 Å². The zero-order valence-corrected chi connectivity index (χ0v) is 10.4. The number of hydrogen-bond donors (Lipinski definition) is 1. The SMILES string of the molecule is O=[N+]([O-])c1ccc(S(=O)(=O)C[C@H]2CCCN2)nc1. The molecule has 8 heteroatoms. The smallest absolute Gasteiger partial charge is 0.287 e. The Bertz CT molecular complexity index is 535. The molecule has 1 atom stereocenters. The summed E-state index contributed by atoms with van der Waals surface area (Å²) in [5, 5.41) is 13.4. The molecule has 1 fully saturated rings. The highest BCUT2D eigenvalue weighted by atomic mass is 32.2. The molecule has 0 aliphatic carbocycles. The first-order valence-corrected chi connectivity index (χ1v) is 7.21. The van der Waals surface area contributed by atoms with Gasteiger partial charge in [-0.25, -0.2) is 13.4 Å². The Kier molecular flexibility index (Phi) is 3.58. The molecule has 0 bridgehead atoms. The molecule has 7 nitrogen and oxygen atoms in total. The van der Waals surface area contributed by atoms with Crippen LogP contribution in [0.5, 0.6) is 0 Å². The third-order valence-electron chi connectivity index (χ3n) is 2.83. The van der Waals surface area contributed by atoms with Gasteiger partial charge in [0.05, 0.1) is 10.7 Å². The van der Waals surface area contributed by atoms with Crippen LogP contribution in [0, 0.1) is 10.1 Å². The first-order chi connectivity index (χ1) is 8.49. The maximum Gasteiger partial charge on any atom is 0.287 e. The molecule has 98 valence electrons. The van der Waals surface area contributed by atoms with E-state index in [1.54, 1.807) is 0 Å². The summed E-state index contributed by atoms with van der Waals surface area (Å²) in [5.41, 5.74) is -0.215. The van der Waals surface area contributed by atoms with Gasteiger partial charge in [-0.15, -0.1) is 0 Å². The summed E-state index contributed by atoms with van der Waals surface area (Å²) in [4.78, 5) is 13.5. The minimum absolute atomic E-state index is 0.0161. The highest BCUT2D eigenvalue weighted by Crippen LogP contribution is 2.16. The van der Waals surface area contributed by atoms with Crippen LogP contribution in [0.1, 0.15) is 12.8 Å². The molecule has 0 unspecified atom stereocenters. The van der Waals surface area contributed by atoms with Gasteiger partial charge >= 0.3 is 0 Å². The van der Waals surface area contributed by atoms with Gasteiger partial charge in [0.2, 0.25) is 0 Å². The van der Waals surface area contributed by atoms with Crippen LogP contribution in [0.25, 0.3) is 0 Å². The minimum Gasteiger partial charge on any atom is -0.313 e. The highest BCUT2D eigenvalue weighted by molar-refractivity contribution is 7.91. The molecular formula is C10H13N3O4S. The van der Waals surface area contributed by atoms with Crippen molar-refractivity contribution in [3.8, 4) is 0 Å². The number of nitrogens with zero attached hydrogens (tertiary/aromatic N) is 2. The van der Waals surface area contributed by atoms with Crippen molar-refractivity contribution >= 4 is 15.5 Å². The van der Waals surface area contributed by atoms with Crippen LogP contribution in [0.15, 0.2) is 23.4 Å². The molecule has 1 aliphatic rings. The Morgan fingerprint density at radius 2 is 2.28 bits per heavy atom. The summed E-state index contributed by atoms with van der Waals surface area (Å²) in [6.45, 7) is 0.827. The van der Waals surface area contributed by atoms with Gasteiger partial charge in [0.15, 0.2) is 14.9 Å². The fraction of sp³-hybridized carbons (Fsp3) is 0.500. The molecule has 1 aromatic rings. The molecule has 0 amide bonds. The molecule has 2 heterocycles. The standard InChI is InChI=1S/C10H13N3O4S/c14-13(15)9-3-4-10(12-6-9)18(16,17)7-8-2-1-5-11-8/h3-4,6,8,11H,1-2,5,7H2/t8-/m1/s1. The Hall–Kier alpha value is -1.54. The maximum absolute atomic E-state index is 12.0. The molecule has 0 aromatic carbocycles. The van der Waals surface area contributed by atoms with Gasteiger partial charge in [0.1, 0.15) is 6.20 Å². The topological polar surface area (TPSA) is 102 Å². The summed E-state index contributed by atoms with van der Waals surface area (Å²) in [6.07, 6.45) is 2.76. The van der Waals surface area contributed by atoms with E-state index in [1.165, 1.54) is 6.07 Å². The minimum atomic E-state index is -3.48. The van der Waals surface area contributed by atoms with Gasteiger partial charge in [0, 0.05) is 12.1 Å². The number of sulfone groups is 1. The fourth-order valence-electron chi connectivity index (χ4n) is 1.91. The van der Waals surface area contributed by atoms with E-state index in [2.05, 4.69) is 10.3 Å². The third kappa shape index (κ3) is 2.82. The fourth-order valence-corrected chi connectivity index (χ4v) is 3.39. The van der Waals surface area contributed by atoms with Crippen molar-refractivity contribution in [2.24, 2.45) is 0 Å². The van der Waals surface area contributed by atoms with Crippen LogP contribution in [0.3, 0.4) is 0 Å². The number of hydrogen-bond acceptors (Lipinski definition) is 6. The molecule has 1 aliphatic heterocycles. The highest BCUT2D eigenvalue weighted by Gasteiger charge is 2.25. The molecular weight excluding hydrogens is 258 g/mol. The second-order valence-electron chi connectivity index (χ2n) is 4.19. The monoisotopic (exact) mass is 271 g/mol. The van der Waals surface area contributed by atoms with Gasteiger partial charge in [-0.1, -0.05) is 0 Å². The van der Waals surface area contributed by atoms with Crippen molar-refractivity contribution in [1.29, 1.82) is 0 Å². The number of aromatic nitrogens is 1. The number of rotatable bonds is 4. The zero-order chi connectivity index (χ0) is 13.2. The van der Waals surface area contributed by atoms with Gasteiger partial charge in [-0.3, -0.25) is 10.1 Å². The van der Waals surface area contributed by atoms with Crippen molar-refractivity contribution in [2.75, 3.05) is 12.3 Å². The summed E-state index contributed by atoms with van der Waals surface area (Å²) >= 11 is 0. The van der Waals surface area contributed by atoms with Crippen LogP contribution >= 0.6 is 0 Å². The molecule has 0 spiro atoms. The zero-order valence-electron chi connectivity index (χ0n) is 9.57. The summed E-state index contributed by atoms with van der Waals surface area (Å²) in [7, 11) is -3.48. The maximum atomic E-state index is 12.0. The average molecular weight is 271 g/mol. The second-order valence-corrected chi connectivity index (χ2v) is 6.17. The van der Waals surface area contributed by atoms with Crippen molar-refractivity contribution in [2.45, 2.75) is 23.9 Å². The van der Waals surface area contributed by atoms with E-state index in [0.717, 1.165) is 31.6 Å². The Balaban J connectivity index is 2.16. The molecule has 0 radical (unpaired) electrons. The van der Waals surface area contributed by atoms with Crippen LogP contribution in [-0.2, 0) is 9.84 Å². The Labute approximate surface area is 104 Å². The number of pyridine rings is 1. The van der Waals surface area contributed by atoms with Crippen LogP contribution in [0.2, 0.25) is 0 Å². The molecule has 1 aromatic heterocycles. The largest absolute Gasteiger partial charge is 0.313 e. The quantitative estimate of drug-likeness (QED) is 0.632. The van der Waals surface area contributed by atoms with E-state index in [0.29, 0.717) is 0 Å². The molecule has 0 saturated carbocycles. The summed E-state index contributed by atoms with van der Waals surface area (Å²) < 4.78 is 24.0. The molecule has 18 heavy (non-hydrogen) atoms. The average Bonchev–Trinajstić information content (AvgIpc) is 2.81. The number of nitro groups is 1. The first kappa shape index (κ1) is 12.9. The van der Waals surface area contributed by atoms with Crippen LogP contribution < -0.4 is 5.32 Å². The predicted octanol–water partition coefficient (Wildman–Crippen LogP) is 0.515. The van der Waals surface area contributed by atoms with E-state index in [1.807, 2.05) is 0 Å². The lowest BCUT2D eigenvalue weighted by atomic mass is 10.3. The van der Waals surface area contributed by atoms with Gasteiger partial charge < -0.3 is 5.32 Å². The lowest BCUT2D eigenvalue weighted by Crippen LogP contribution is -2.30. The number of nitrogens with one attached hydrogen (secondary N) is 1. The predicted molar refractivity (Wildman–Crippen MR) is 64.0 cm³/mol. The van der Waals surface area contributed by atoms with Gasteiger partial charge in [-0.05, 0) is 25.5 Å². The second kappa shape index (κ2) is 4.99. The van der Waals surface area contributed by atoms with E-state index < -0.39 is 14.8 Å². The lowest BCUT2D eigenvalue weighted by molar-refractivity contribution is -0.385. The van der Waals surface area contributed by atoms with Crippen molar-refractivity contribution in [3.05, 3.63) is 28.4 Å². The van der Waals surface area contributed by atoms with E-state index >= 15 is 0 Å².